The monoisotopic (exact) mass is 434 g/mol. The number of phenolic OH excluding ortho intramolecular Hbond substituents is 2. The van der Waals surface area contributed by atoms with Crippen molar-refractivity contribution in [3.8, 4) is 34.8 Å². The van der Waals surface area contributed by atoms with Crippen LogP contribution in [0.4, 0.5) is 0 Å². The average Bonchev–Trinajstić information content (AvgIpc) is 2.79. The van der Waals surface area contributed by atoms with Gasteiger partial charge in [0.1, 0.15) is 35.5 Å². The number of aliphatic hydroxyl groups is 1. The van der Waals surface area contributed by atoms with Crippen molar-refractivity contribution < 1.29 is 34.3 Å². The Morgan fingerprint density at radius 1 is 1.16 bits per heavy atom. The fourth-order valence-corrected chi connectivity index (χ4v) is 3.37. The number of hydrogen-bond donors (Lipinski definition) is 3. The van der Waals surface area contributed by atoms with Crippen LogP contribution in [-0.2, 0) is 6.61 Å². The molecular formula is C23H18N2O7. The first-order valence-electron chi connectivity index (χ1n) is 9.52. The lowest BCUT2D eigenvalue weighted by Crippen LogP contribution is -2.36. The van der Waals surface area contributed by atoms with Gasteiger partial charge in [0.15, 0.2) is 23.7 Å². The molecule has 0 saturated carbocycles. The summed E-state index contributed by atoms with van der Waals surface area (Å²) in [5, 5.41) is 39.1. The van der Waals surface area contributed by atoms with Gasteiger partial charge in [0, 0.05) is 18.3 Å². The third kappa shape index (κ3) is 3.87. The van der Waals surface area contributed by atoms with Gasteiger partial charge in [0.25, 0.3) is 0 Å². The SMILES string of the molecule is COc1ccc(C2Oc3cc(O)cc(O)c3C(=O)C2O)cc1OCc1ccc(C#N)cn1. The van der Waals surface area contributed by atoms with Crippen molar-refractivity contribution in [2.24, 2.45) is 0 Å². The summed E-state index contributed by atoms with van der Waals surface area (Å²) in [6.07, 6.45) is -1.25. The summed E-state index contributed by atoms with van der Waals surface area (Å²) in [6.45, 7) is 0.0864. The first-order chi connectivity index (χ1) is 15.4. The first-order valence-corrected chi connectivity index (χ1v) is 9.52. The van der Waals surface area contributed by atoms with E-state index in [1.54, 1.807) is 30.3 Å². The number of aromatic hydroxyl groups is 2. The molecule has 2 heterocycles. The molecule has 9 nitrogen and oxygen atoms in total. The number of benzene rings is 2. The molecule has 0 fully saturated rings. The number of fused-ring (bicyclic) bond motifs is 1. The normalized spacial score (nSPS) is 17.1. The van der Waals surface area contributed by atoms with Gasteiger partial charge in [0.05, 0.1) is 18.4 Å². The molecule has 162 valence electrons. The van der Waals surface area contributed by atoms with Crippen molar-refractivity contribution in [1.82, 2.24) is 4.98 Å². The lowest BCUT2D eigenvalue weighted by atomic mass is 9.92. The summed E-state index contributed by atoms with van der Waals surface area (Å²) in [4.78, 5) is 16.8. The second kappa shape index (κ2) is 8.45. The van der Waals surface area contributed by atoms with Crippen LogP contribution in [0.25, 0.3) is 0 Å². The van der Waals surface area contributed by atoms with Crippen molar-refractivity contribution in [3.05, 3.63) is 71.0 Å². The number of hydrogen-bond acceptors (Lipinski definition) is 9. The van der Waals surface area contributed by atoms with Crippen LogP contribution in [0.5, 0.6) is 28.7 Å². The smallest absolute Gasteiger partial charge is 0.202 e. The van der Waals surface area contributed by atoms with Crippen molar-refractivity contribution in [3.63, 3.8) is 0 Å². The van der Waals surface area contributed by atoms with E-state index in [1.165, 1.54) is 19.4 Å². The molecule has 0 aliphatic carbocycles. The third-order valence-corrected chi connectivity index (χ3v) is 4.97. The number of carbonyl (C=O) groups excluding carboxylic acids is 1. The highest BCUT2D eigenvalue weighted by Crippen LogP contribution is 2.43. The molecule has 0 spiro atoms. The molecule has 0 amide bonds. The molecule has 2 atom stereocenters. The Labute approximate surface area is 182 Å². The third-order valence-electron chi connectivity index (χ3n) is 4.97. The topological polar surface area (TPSA) is 142 Å². The molecule has 4 rings (SSSR count). The highest BCUT2D eigenvalue weighted by Gasteiger charge is 2.39. The van der Waals surface area contributed by atoms with Gasteiger partial charge in [-0.3, -0.25) is 9.78 Å². The zero-order valence-electron chi connectivity index (χ0n) is 16.8. The van der Waals surface area contributed by atoms with Gasteiger partial charge in [-0.15, -0.1) is 0 Å². The number of nitrogens with zero attached hydrogens (tertiary/aromatic N) is 2. The number of methoxy groups -OCH3 is 1. The molecule has 3 N–H and O–H groups in total. The summed E-state index contributed by atoms with van der Waals surface area (Å²) < 4.78 is 16.9. The Morgan fingerprint density at radius 2 is 1.97 bits per heavy atom. The number of aliphatic hydroxyl groups excluding tert-OH is 1. The van der Waals surface area contributed by atoms with Crippen LogP contribution in [0.1, 0.15) is 33.3 Å². The van der Waals surface area contributed by atoms with Crippen LogP contribution in [0.3, 0.4) is 0 Å². The van der Waals surface area contributed by atoms with Crippen molar-refractivity contribution >= 4 is 5.78 Å². The van der Waals surface area contributed by atoms with Crippen molar-refractivity contribution in [1.29, 1.82) is 5.26 Å². The zero-order chi connectivity index (χ0) is 22.8. The maximum atomic E-state index is 12.6. The fourth-order valence-electron chi connectivity index (χ4n) is 3.37. The molecule has 1 aromatic heterocycles. The van der Waals surface area contributed by atoms with E-state index in [1.807, 2.05) is 6.07 Å². The van der Waals surface area contributed by atoms with Gasteiger partial charge in [-0.25, -0.2) is 0 Å². The van der Waals surface area contributed by atoms with Gasteiger partial charge in [-0.2, -0.15) is 5.26 Å². The zero-order valence-corrected chi connectivity index (χ0v) is 16.8. The first kappa shape index (κ1) is 21.0. The maximum absolute atomic E-state index is 12.6. The quantitative estimate of drug-likeness (QED) is 0.552. The van der Waals surface area contributed by atoms with Crippen LogP contribution in [0.2, 0.25) is 0 Å². The van der Waals surface area contributed by atoms with E-state index < -0.39 is 23.7 Å². The van der Waals surface area contributed by atoms with Crippen molar-refractivity contribution in [2.75, 3.05) is 7.11 Å². The molecule has 2 aromatic carbocycles. The number of ketones is 1. The Morgan fingerprint density at radius 3 is 2.66 bits per heavy atom. The maximum Gasteiger partial charge on any atom is 0.202 e. The minimum absolute atomic E-state index is 0.0390. The summed E-state index contributed by atoms with van der Waals surface area (Å²) in [5.41, 5.74) is 1.24. The molecule has 1 aliphatic heterocycles. The van der Waals surface area contributed by atoms with E-state index >= 15 is 0 Å². The average molecular weight is 434 g/mol. The second-order valence-electron chi connectivity index (χ2n) is 7.03. The van der Waals surface area contributed by atoms with Crippen molar-refractivity contribution in [2.45, 2.75) is 18.8 Å². The number of Topliss-reactive ketones (excluding diaryl/α,β-unsaturated/α-hetero) is 1. The van der Waals surface area contributed by atoms with Gasteiger partial charge in [0.2, 0.25) is 5.78 Å². The number of ether oxygens (including phenoxy) is 3. The molecule has 2 unspecified atom stereocenters. The van der Waals surface area contributed by atoms with Crippen LogP contribution < -0.4 is 14.2 Å². The highest BCUT2D eigenvalue weighted by atomic mass is 16.5. The van der Waals surface area contributed by atoms with Gasteiger partial charge in [-0.1, -0.05) is 6.07 Å². The Balaban J connectivity index is 1.62. The molecule has 0 bridgehead atoms. The molecule has 0 radical (unpaired) electrons. The largest absolute Gasteiger partial charge is 0.508 e. The Kier molecular flexibility index (Phi) is 5.54. The molecule has 9 heteroatoms. The van der Waals surface area contributed by atoms with Crippen LogP contribution in [0.15, 0.2) is 48.7 Å². The van der Waals surface area contributed by atoms with Crippen LogP contribution in [0, 0.1) is 11.3 Å². The Hall–Kier alpha value is -4.29. The number of phenols is 2. The van der Waals surface area contributed by atoms with Crippen LogP contribution >= 0.6 is 0 Å². The minimum atomic E-state index is -1.58. The highest BCUT2D eigenvalue weighted by molar-refractivity contribution is 6.05. The minimum Gasteiger partial charge on any atom is -0.508 e. The predicted octanol–water partition coefficient (Wildman–Crippen LogP) is 2.63. The van der Waals surface area contributed by atoms with Gasteiger partial charge >= 0.3 is 0 Å². The van der Waals surface area contributed by atoms with Crippen LogP contribution in [-0.4, -0.2) is 39.3 Å². The summed E-state index contributed by atoms with van der Waals surface area (Å²) in [6, 6.07) is 12.3. The molecule has 0 saturated heterocycles. The number of nitriles is 1. The van der Waals surface area contributed by atoms with Gasteiger partial charge in [-0.05, 0) is 29.8 Å². The molecule has 1 aliphatic rings. The van der Waals surface area contributed by atoms with E-state index in [0.29, 0.717) is 28.3 Å². The number of aromatic nitrogens is 1. The van der Waals surface area contributed by atoms with E-state index in [-0.39, 0.29) is 23.7 Å². The van der Waals surface area contributed by atoms with Gasteiger partial charge < -0.3 is 29.5 Å². The lowest BCUT2D eigenvalue weighted by molar-refractivity contribution is 0.0209. The lowest BCUT2D eigenvalue weighted by Gasteiger charge is -2.30. The van der Waals surface area contributed by atoms with E-state index in [0.717, 1.165) is 6.07 Å². The molecular weight excluding hydrogens is 416 g/mol. The van der Waals surface area contributed by atoms with E-state index in [2.05, 4.69) is 4.98 Å². The van der Waals surface area contributed by atoms with E-state index in [4.69, 9.17) is 19.5 Å². The standard InChI is InChI=1S/C23H18N2O7/c1-30-17-5-3-13(6-18(17)31-11-14-4-2-12(9-24)10-25-14)23-22(29)21(28)20-16(27)7-15(26)8-19(20)32-23/h2-8,10,22-23,26-27,29H,11H2,1H3. The Bertz CT molecular complexity index is 1220. The number of carbonyl (C=O) groups is 1. The summed E-state index contributed by atoms with van der Waals surface area (Å²) >= 11 is 0. The summed E-state index contributed by atoms with van der Waals surface area (Å²) in [7, 11) is 1.47. The second-order valence-corrected chi connectivity index (χ2v) is 7.03. The van der Waals surface area contributed by atoms with E-state index in [9.17, 15) is 20.1 Å². The predicted molar refractivity (Wildman–Crippen MR) is 110 cm³/mol. The molecule has 3 aromatic rings. The molecule has 32 heavy (non-hydrogen) atoms. The number of pyridine rings is 1. The fraction of sp³-hybridized carbons (Fsp3) is 0.174. The number of rotatable bonds is 5. The summed E-state index contributed by atoms with van der Waals surface area (Å²) in [5.74, 6) is -0.788.